The second-order valence-electron chi connectivity index (χ2n) is 5.94. The summed E-state index contributed by atoms with van der Waals surface area (Å²) in [7, 11) is -3.96. The van der Waals surface area contributed by atoms with Crippen molar-refractivity contribution in [1.29, 1.82) is 0 Å². The molecule has 1 atom stereocenters. The van der Waals surface area contributed by atoms with Crippen LogP contribution in [0.5, 0.6) is 0 Å². The van der Waals surface area contributed by atoms with Crippen molar-refractivity contribution in [3.05, 3.63) is 65.2 Å². The minimum absolute atomic E-state index is 0.0862. The normalized spacial score (nSPS) is 16.9. The molecule has 25 heavy (non-hydrogen) atoms. The third kappa shape index (κ3) is 3.71. The van der Waals surface area contributed by atoms with Crippen LogP contribution in [0.1, 0.15) is 23.1 Å². The monoisotopic (exact) mass is 358 g/mol. The molecule has 0 bridgehead atoms. The number of benzene rings is 2. The van der Waals surface area contributed by atoms with Gasteiger partial charge in [0.15, 0.2) is 0 Å². The van der Waals surface area contributed by atoms with Crippen molar-refractivity contribution in [3.63, 3.8) is 0 Å². The molecule has 3 rings (SSSR count). The largest absolute Gasteiger partial charge is 0.382 e. The summed E-state index contributed by atoms with van der Waals surface area (Å²) in [5, 5.41) is 3.90. The van der Waals surface area contributed by atoms with Gasteiger partial charge in [-0.05, 0) is 36.6 Å². The number of aryl methyl sites for hydroxylation is 2. The number of carbonyl (C=O) groups is 1. The lowest BCUT2D eigenvalue weighted by atomic mass is 10.1. The van der Waals surface area contributed by atoms with E-state index in [1.165, 1.54) is 6.07 Å². The summed E-state index contributed by atoms with van der Waals surface area (Å²) in [5.74, 6) is -0.726. The van der Waals surface area contributed by atoms with Gasteiger partial charge in [0.25, 0.3) is 15.9 Å². The summed E-state index contributed by atoms with van der Waals surface area (Å²) in [6.45, 7) is 3.47. The van der Waals surface area contributed by atoms with Gasteiger partial charge in [-0.2, -0.15) is 0 Å². The Morgan fingerprint density at radius 1 is 1.16 bits per heavy atom. The van der Waals surface area contributed by atoms with E-state index >= 15 is 0 Å². The second-order valence-corrected chi connectivity index (χ2v) is 7.59. The molecular weight excluding hydrogens is 340 g/mol. The quantitative estimate of drug-likeness (QED) is 0.909. The number of nitrogens with one attached hydrogen (secondary N) is 1. The zero-order valence-corrected chi connectivity index (χ0v) is 14.7. The molecule has 0 aliphatic carbocycles. The van der Waals surface area contributed by atoms with E-state index in [0.717, 1.165) is 11.1 Å². The molecule has 7 heteroatoms. The standard InChI is InChI=1S/C18H18N2O4S/c1-12-8-9-13(2)17(10-12)25(22,23)20-18(21)16-11-15(19-24-16)14-6-4-3-5-7-14/h3-10,16H,11H2,1-2H3,(H,20,21). The van der Waals surface area contributed by atoms with Crippen molar-refractivity contribution in [2.75, 3.05) is 0 Å². The van der Waals surface area contributed by atoms with Gasteiger partial charge in [0.1, 0.15) is 0 Å². The van der Waals surface area contributed by atoms with Gasteiger partial charge < -0.3 is 4.84 Å². The SMILES string of the molecule is Cc1ccc(C)c(S(=O)(=O)NC(=O)C2CC(c3ccccc3)=NO2)c1. The van der Waals surface area contributed by atoms with E-state index in [-0.39, 0.29) is 11.3 Å². The Hall–Kier alpha value is -2.67. The van der Waals surface area contributed by atoms with Gasteiger partial charge in [-0.3, -0.25) is 4.79 Å². The Morgan fingerprint density at radius 3 is 2.60 bits per heavy atom. The van der Waals surface area contributed by atoms with E-state index in [1.54, 1.807) is 19.9 Å². The van der Waals surface area contributed by atoms with Gasteiger partial charge in [-0.15, -0.1) is 0 Å². The zero-order valence-electron chi connectivity index (χ0n) is 13.9. The Morgan fingerprint density at radius 2 is 1.88 bits per heavy atom. The molecule has 6 nitrogen and oxygen atoms in total. The van der Waals surface area contributed by atoms with Crippen LogP contribution in [0, 0.1) is 13.8 Å². The first kappa shape index (κ1) is 17.2. The molecule has 0 radical (unpaired) electrons. The summed E-state index contributed by atoms with van der Waals surface area (Å²) in [4.78, 5) is 17.5. The number of hydrogen-bond acceptors (Lipinski definition) is 5. The topological polar surface area (TPSA) is 84.8 Å². The highest BCUT2D eigenvalue weighted by molar-refractivity contribution is 7.90. The van der Waals surface area contributed by atoms with E-state index in [2.05, 4.69) is 9.88 Å². The Labute approximate surface area is 146 Å². The minimum atomic E-state index is -3.96. The predicted molar refractivity (Wildman–Crippen MR) is 93.7 cm³/mol. The van der Waals surface area contributed by atoms with Crippen LogP contribution in [0.4, 0.5) is 0 Å². The smallest absolute Gasteiger partial charge is 0.278 e. The maximum Gasteiger partial charge on any atom is 0.278 e. The highest BCUT2D eigenvalue weighted by Crippen LogP contribution is 2.19. The first-order chi connectivity index (χ1) is 11.9. The lowest BCUT2D eigenvalue weighted by molar-refractivity contribution is -0.129. The Bertz CT molecular complexity index is 937. The molecule has 1 aliphatic heterocycles. The summed E-state index contributed by atoms with van der Waals surface area (Å²) in [6.07, 6.45) is -0.742. The van der Waals surface area contributed by atoms with Gasteiger partial charge >= 0.3 is 0 Å². The number of rotatable bonds is 4. The molecule has 2 aromatic carbocycles. The fourth-order valence-corrected chi connectivity index (χ4v) is 3.91. The fraction of sp³-hybridized carbons (Fsp3) is 0.222. The third-order valence-electron chi connectivity index (χ3n) is 3.94. The van der Waals surface area contributed by atoms with Crippen LogP contribution in [0.3, 0.4) is 0 Å². The molecule has 130 valence electrons. The van der Waals surface area contributed by atoms with Gasteiger partial charge in [-0.1, -0.05) is 47.6 Å². The van der Waals surface area contributed by atoms with Crippen LogP contribution in [0.25, 0.3) is 0 Å². The number of oxime groups is 1. The zero-order chi connectivity index (χ0) is 18.0. The van der Waals surface area contributed by atoms with Crippen molar-refractivity contribution < 1.29 is 18.0 Å². The van der Waals surface area contributed by atoms with Crippen LogP contribution in [-0.2, 0) is 19.7 Å². The van der Waals surface area contributed by atoms with Crippen molar-refractivity contribution in [1.82, 2.24) is 4.72 Å². The molecule has 1 amide bonds. The first-order valence-electron chi connectivity index (χ1n) is 7.79. The second kappa shape index (κ2) is 6.68. The van der Waals surface area contributed by atoms with E-state index in [9.17, 15) is 13.2 Å². The van der Waals surface area contributed by atoms with Crippen LogP contribution in [0.2, 0.25) is 0 Å². The van der Waals surface area contributed by atoms with Crippen LogP contribution >= 0.6 is 0 Å². The molecule has 1 N–H and O–H groups in total. The first-order valence-corrected chi connectivity index (χ1v) is 9.27. The molecule has 1 heterocycles. The van der Waals surface area contributed by atoms with Crippen molar-refractivity contribution in [3.8, 4) is 0 Å². The molecule has 2 aromatic rings. The number of carbonyl (C=O) groups excluding carboxylic acids is 1. The lowest BCUT2D eigenvalue weighted by Gasteiger charge is -2.12. The van der Waals surface area contributed by atoms with E-state index in [4.69, 9.17) is 4.84 Å². The molecule has 1 unspecified atom stereocenters. The van der Waals surface area contributed by atoms with Crippen LogP contribution in [-0.4, -0.2) is 26.1 Å². The van der Waals surface area contributed by atoms with E-state index < -0.39 is 22.0 Å². The van der Waals surface area contributed by atoms with E-state index in [0.29, 0.717) is 11.3 Å². The van der Waals surface area contributed by atoms with Crippen LogP contribution < -0.4 is 4.72 Å². The Balaban J connectivity index is 1.72. The molecular formula is C18H18N2O4S. The van der Waals surface area contributed by atoms with Crippen LogP contribution in [0.15, 0.2) is 58.6 Å². The summed E-state index contributed by atoms with van der Waals surface area (Å²) < 4.78 is 27.1. The molecule has 0 saturated heterocycles. The van der Waals surface area contributed by atoms with Crippen molar-refractivity contribution in [2.24, 2.45) is 5.16 Å². The average molecular weight is 358 g/mol. The number of sulfonamides is 1. The Kier molecular flexibility index (Phi) is 4.59. The van der Waals surface area contributed by atoms with E-state index in [1.807, 2.05) is 36.4 Å². The maximum atomic E-state index is 12.5. The summed E-state index contributed by atoms with van der Waals surface area (Å²) in [6, 6.07) is 14.4. The van der Waals surface area contributed by atoms with Crippen molar-refractivity contribution >= 4 is 21.6 Å². The lowest BCUT2D eigenvalue weighted by Crippen LogP contribution is -2.39. The molecule has 0 fully saturated rings. The van der Waals surface area contributed by atoms with Gasteiger partial charge in [0.2, 0.25) is 6.10 Å². The van der Waals surface area contributed by atoms with Gasteiger partial charge in [0, 0.05) is 6.42 Å². The molecule has 0 aromatic heterocycles. The molecule has 0 spiro atoms. The predicted octanol–water partition coefficient (Wildman–Crippen LogP) is 2.30. The van der Waals surface area contributed by atoms with Crippen molar-refractivity contribution in [2.45, 2.75) is 31.3 Å². The highest BCUT2D eigenvalue weighted by Gasteiger charge is 2.32. The molecule has 1 aliphatic rings. The average Bonchev–Trinajstić information content (AvgIpc) is 3.07. The third-order valence-corrected chi connectivity index (χ3v) is 5.43. The summed E-state index contributed by atoms with van der Waals surface area (Å²) in [5.41, 5.74) is 2.82. The minimum Gasteiger partial charge on any atom is -0.382 e. The highest BCUT2D eigenvalue weighted by atomic mass is 32.2. The number of nitrogens with zero attached hydrogens (tertiary/aromatic N) is 1. The van der Waals surface area contributed by atoms with Gasteiger partial charge in [-0.25, -0.2) is 13.1 Å². The fourth-order valence-electron chi connectivity index (χ4n) is 2.57. The maximum absolute atomic E-state index is 12.5. The molecule has 0 saturated carbocycles. The summed E-state index contributed by atoms with van der Waals surface area (Å²) >= 11 is 0. The van der Waals surface area contributed by atoms with Gasteiger partial charge in [0.05, 0.1) is 10.6 Å². The number of hydrogen-bond donors (Lipinski definition) is 1. The number of amides is 1.